The van der Waals surface area contributed by atoms with Crippen LogP contribution in [-0.2, 0) is 0 Å². The molecule has 1 rings (SSSR count). The van der Waals surface area contributed by atoms with Gasteiger partial charge in [0.2, 0.25) is 0 Å². The van der Waals surface area contributed by atoms with Gasteiger partial charge in [-0.2, -0.15) is 5.26 Å². The molecular formula is C11H12BrNO3. The van der Waals surface area contributed by atoms with Crippen LogP contribution in [0.25, 0.3) is 0 Å². The van der Waals surface area contributed by atoms with E-state index in [2.05, 4.69) is 15.9 Å². The summed E-state index contributed by atoms with van der Waals surface area (Å²) >= 11 is 3.07. The molecule has 0 heterocycles. The van der Waals surface area contributed by atoms with E-state index in [1.54, 1.807) is 18.2 Å². The summed E-state index contributed by atoms with van der Waals surface area (Å²) in [6.07, 6.45) is -2.07. The number of ether oxygens (including phenoxy) is 1. The first-order valence-electron chi connectivity index (χ1n) is 4.64. The average molecular weight is 286 g/mol. The molecule has 2 unspecified atom stereocenters. The Morgan fingerprint density at radius 2 is 2.19 bits per heavy atom. The summed E-state index contributed by atoms with van der Waals surface area (Å²) in [5.41, 5.74) is 0.696. The van der Waals surface area contributed by atoms with Gasteiger partial charge in [0.1, 0.15) is 11.9 Å². The number of benzene rings is 1. The molecule has 1 aromatic carbocycles. The number of alkyl halides is 1. The second kappa shape index (κ2) is 5.85. The van der Waals surface area contributed by atoms with Gasteiger partial charge in [-0.1, -0.05) is 15.9 Å². The van der Waals surface area contributed by atoms with Crippen molar-refractivity contribution in [1.29, 1.82) is 5.26 Å². The Hall–Kier alpha value is -1.09. The molecule has 0 aliphatic rings. The lowest BCUT2D eigenvalue weighted by molar-refractivity contribution is 0.0340. The van der Waals surface area contributed by atoms with Crippen LogP contribution in [0.2, 0.25) is 0 Å². The number of rotatable bonds is 4. The number of hydrogen-bond donors (Lipinski definition) is 2. The molecule has 0 radical (unpaired) electrons. The summed E-state index contributed by atoms with van der Waals surface area (Å²) in [5.74, 6) is 0.537. The van der Waals surface area contributed by atoms with Gasteiger partial charge in [0.05, 0.1) is 24.8 Å². The summed E-state index contributed by atoms with van der Waals surface area (Å²) < 4.78 is 5.00. The predicted molar refractivity (Wildman–Crippen MR) is 62.5 cm³/mol. The minimum atomic E-state index is -1.11. The number of nitriles is 1. The van der Waals surface area contributed by atoms with Gasteiger partial charge in [0.15, 0.2) is 0 Å². The lowest BCUT2D eigenvalue weighted by atomic mass is 9.99. The fourth-order valence-corrected chi connectivity index (χ4v) is 1.66. The van der Waals surface area contributed by atoms with Crippen molar-refractivity contribution in [1.82, 2.24) is 0 Å². The van der Waals surface area contributed by atoms with Crippen LogP contribution in [0.1, 0.15) is 17.2 Å². The molecule has 2 N–H and O–H groups in total. The van der Waals surface area contributed by atoms with Gasteiger partial charge in [-0.05, 0) is 18.2 Å². The van der Waals surface area contributed by atoms with E-state index >= 15 is 0 Å². The van der Waals surface area contributed by atoms with Gasteiger partial charge < -0.3 is 14.9 Å². The van der Waals surface area contributed by atoms with E-state index < -0.39 is 12.2 Å². The molecule has 1 aromatic rings. The number of aliphatic hydroxyl groups excluding tert-OH is 2. The summed E-state index contributed by atoms with van der Waals surface area (Å²) in [6, 6.07) is 6.70. The van der Waals surface area contributed by atoms with Crippen molar-refractivity contribution in [2.24, 2.45) is 0 Å². The van der Waals surface area contributed by atoms with Crippen LogP contribution in [0.4, 0.5) is 0 Å². The van der Waals surface area contributed by atoms with Gasteiger partial charge in [-0.25, -0.2) is 0 Å². The summed E-state index contributed by atoms with van der Waals surface area (Å²) in [4.78, 5) is 0. The lowest BCUT2D eigenvalue weighted by Crippen LogP contribution is -2.20. The second-order valence-electron chi connectivity index (χ2n) is 3.23. The first-order valence-corrected chi connectivity index (χ1v) is 5.76. The zero-order chi connectivity index (χ0) is 12.1. The zero-order valence-electron chi connectivity index (χ0n) is 8.72. The van der Waals surface area contributed by atoms with Crippen LogP contribution in [0.5, 0.6) is 5.75 Å². The minimum Gasteiger partial charge on any atom is -0.497 e. The molecule has 0 saturated carbocycles. The Bertz CT molecular complexity index is 403. The number of nitrogens with zero attached hydrogens (tertiary/aromatic N) is 1. The van der Waals surface area contributed by atoms with Crippen LogP contribution in [0, 0.1) is 11.3 Å². The molecule has 2 atom stereocenters. The highest BCUT2D eigenvalue weighted by molar-refractivity contribution is 9.09. The van der Waals surface area contributed by atoms with Crippen molar-refractivity contribution in [3.63, 3.8) is 0 Å². The van der Waals surface area contributed by atoms with Crippen molar-refractivity contribution in [2.45, 2.75) is 12.2 Å². The van der Waals surface area contributed by atoms with Crippen LogP contribution < -0.4 is 4.74 Å². The van der Waals surface area contributed by atoms with E-state index in [-0.39, 0.29) is 5.33 Å². The molecule has 0 bridgehead atoms. The second-order valence-corrected chi connectivity index (χ2v) is 3.88. The molecular weight excluding hydrogens is 274 g/mol. The number of hydrogen-bond acceptors (Lipinski definition) is 4. The number of methoxy groups -OCH3 is 1. The molecule has 16 heavy (non-hydrogen) atoms. The van der Waals surface area contributed by atoms with E-state index in [9.17, 15) is 10.2 Å². The third-order valence-electron chi connectivity index (χ3n) is 2.22. The van der Waals surface area contributed by atoms with Crippen LogP contribution in [0.3, 0.4) is 0 Å². The third kappa shape index (κ3) is 2.73. The maximum atomic E-state index is 9.83. The zero-order valence-corrected chi connectivity index (χ0v) is 10.3. The highest BCUT2D eigenvalue weighted by Gasteiger charge is 2.20. The largest absolute Gasteiger partial charge is 0.497 e. The lowest BCUT2D eigenvalue weighted by Gasteiger charge is -2.17. The van der Waals surface area contributed by atoms with Gasteiger partial charge >= 0.3 is 0 Å². The van der Waals surface area contributed by atoms with E-state index in [0.717, 1.165) is 0 Å². The molecule has 0 fully saturated rings. The fourth-order valence-electron chi connectivity index (χ4n) is 1.31. The average Bonchev–Trinajstić information content (AvgIpc) is 2.35. The highest BCUT2D eigenvalue weighted by Crippen LogP contribution is 2.26. The summed E-state index contributed by atoms with van der Waals surface area (Å²) in [5, 5.41) is 28.5. The Morgan fingerprint density at radius 3 is 2.69 bits per heavy atom. The van der Waals surface area contributed by atoms with E-state index in [0.29, 0.717) is 16.9 Å². The Kier molecular flexibility index (Phi) is 4.74. The van der Waals surface area contributed by atoms with Crippen LogP contribution in [-0.4, -0.2) is 28.8 Å². The molecule has 0 amide bonds. The van der Waals surface area contributed by atoms with Gasteiger partial charge in [0, 0.05) is 10.9 Å². The van der Waals surface area contributed by atoms with Crippen molar-refractivity contribution < 1.29 is 14.9 Å². The maximum Gasteiger partial charge on any atom is 0.119 e. The van der Waals surface area contributed by atoms with Crippen LogP contribution in [0.15, 0.2) is 18.2 Å². The van der Waals surface area contributed by atoms with Crippen molar-refractivity contribution >= 4 is 15.9 Å². The number of aliphatic hydroxyl groups is 2. The standard InChI is InChI=1S/C11H12BrNO3/c1-16-8-3-2-7(6-13)9(4-8)11(15)10(14)5-12/h2-4,10-11,14-15H,5H2,1H3. The van der Waals surface area contributed by atoms with Gasteiger partial charge in [0.25, 0.3) is 0 Å². The normalized spacial score (nSPS) is 13.9. The molecule has 0 aromatic heterocycles. The highest BCUT2D eigenvalue weighted by atomic mass is 79.9. The Balaban J connectivity index is 3.14. The molecule has 4 nitrogen and oxygen atoms in total. The van der Waals surface area contributed by atoms with Crippen molar-refractivity contribution in [2.75, 3.05) is 12.4 Å². The topological polar surface area (TPSA) is 73.5 Å². The predicted octanol–water partition coefficient (Wildman–Crippen LogP) is 1.36. The van der Waals surface area contributed by atoms with E-state index in [1.165, 1.54) is 7.11 Å². The Labute approximate surface area is 102 Å². The van der Waals surface area contributed by atoms with Gasteiger partial charge in [-0.3, -0.25) is 0 Å². The van der Waals surface area contributed by atoms with E-state index in [4.69, 9.17) is 10.00 Å². The monoisotopic (exact) mass is 285 g/mol. The first-order chi connectivity index (χ1) is 7.63. The number of halogens is 1. The first kappa shape index (κ1) is 13.0. The summed E-state index contributed by atoms with van der Waals surface area (Å²) in [7, 11) is 1.50. The fraction of sp³-hybridized carbons (Fsp3) is 0.364. The Morgan fingerprint density at radius 1 is 1.50 bits per heavy atom. The smallest absolute Gasteiger partial charge is 0.119 e. The maximum absolute atomic E-state index is 9.83. The third-order valence-corrected chi connectivity index (χ3v) is 2.88. The molecule has 86 valence electrons. The van der Waals surface area contributed by atoms with Crippen molar-refractivity contribution in [3.8, 4) is 11.8 Å². The molecule has 5 heteroatoms. The minimum absolute atomic E-state index is 0.232. The molecule has 0 saturated heterocycles. The quantitative estimate of drug-likeness (QED) is 0.820. The molecule has 0 aliphatic carbocycles. The van der Waals surface area contributed by atoms with Crippen LogP contribution >= 0.6 is 15.9 Å². The summed E-state index contributed by atoms with van der Waals surface area (Å²) in [6.45, 7) is 0. The SMILES string of the molecule is COc1ccc(C#N)c(C(O)C(O)CBr)c1. The van der Waals surface area contributed by atoms with Gasteiger partial charge in [-0.15, -0.1) is 0 Å². The van der Waals surface area contributed by atoms with Crippen molar-refractivity contribution in [3.05, 3.63) is 29.3 Å². The molecule has 0 spiro atoms. The van der Waals surface area contributed by atoms with E-state index in [1.807, 2.05) is 6.07 Å². The molecule has 0 aliphatic heterocycles.